The Labute approximate surface area is 84.3 Å². The number of aromatic nitrogens is 2. The van der Waals surface area contributed by atoms with E-state index in [1.165, 1.54) is 0 Å². The summed E-state index contributed by atoms with van der Waals surface area (Å²) in [7, 11) is 1.61. The normalized spacial score (nSPS) is 10.6. The number of amides is 1. The lowest BCUT2D eigenvalue weighted by Crippen LogP contribution is -2.19. The van der Waals surface area contributed by atoms with Crippen molar-refractivity contribution < 1.29 is 4.79 Å². The fourth-order valence-electron chi connectivity index (χ4n) is 1.45. The second-order valence-corrected chi connectivity index (χ2v) is 3.23. The van der Waals surface area contributed by atoms with Crippen molar-refractivity contribution >= 4 is 5.91 Å². The van der Waals surface area contributed by atoms with E-state index in [0.717, 1.165) is 12.8 Å². The third-order valence-electron chi connectivity index (χ3n) is 2.38. The van der Waals surface area contributed by atoms with Crippen LogP contribution in [0.2, 0.25) is 0 Å². The molecule has 1 N–H and O–H groups in total. The molecule has 1 heterocycles. The number of hydrogen-bond donors (Lipinski definition) is 1. The average Bonchev–Trinajstić information content (AvgIpc) is 2.68. The number of carbonyl (C=O) groups excluding carboxylic acids is 1. The number of hydrogen-bond acceptors (Lipinski definition) is 2. The van der Waals surface area contributed by atoms with Crippen LogP contribution in [0.4, 0.5) is 0 Å². The first-order valence-electron chi connectivity index (χ1n) is 5.00. The fraction of sp³-hybridized carbons (Fsp3) is 0.600. The molecule has 1 rings (SSSR count). The second-order valence-electron chi connectivity index (χ2n) is 3.23. The summed E-state index contributed by atoms with van der Waals surface area (Å²) in [5.41, 5.74) is 0.486. The van der Waals surface area contributed by atoms with Gasteiger partial charge in [-0.15, -0.1) is 0 Å². The zero-order valence-corrected chi connectivity index (χ0v) is 8.95. The summed E-state index contributed by atoms with van der Waals surface area (Å²) < 4.78 is 1.87. The van der Waals surface area contributed by atoms with Crippen LogP contribution in [0.25, 0.3) is 0 Å². The first kappa shape index (κ1) is 10.8. The van der Waals surface area contributed by atoms with Gasteiger partial charge in [-0.3, -0.25) is 9.48 Å². The summed E-state index contributed by atoms with van der Waals surface area (Å²) in [4.78, 5) is 11.2. The van der Waals surface area contributed by atoms with Gasteiger partial charge < -0.3 is 5.32 Å². The second kappa shape index (κ2) is 4.79. The van der Waals surface area contributed by atoms with Gasteiger partial charge in [-0.05, 0) is 18.9 Å². The van der Waals surface area contributed by atoms with E-state index in [9.17, 15) is 4.79 Å². The Morgan fingerprint density at radius 3 is 2.71 bits per heavy atom. The number of nitrogens with one attached hydrogen (secondary N) is 1. The maximum absolute atomic E-state index is 11.2. The maximum Gasteiger partial charge on any atom is 0.271 e. The predicted molar refractivity (Wildman–Crippen MR) is 55.2 cm³/mol. The molecule has 0 saturated carbocycles. The van der Waals surface area contributed by atoms with Crippen molar-refractivity contribution in [3.63, 3.8) is 0 Å². The van der Waals surface area contributed by atoms with Crippen molar-refractivity contribution in [2.45, 2.75) is 32.7 Å². The number of nitrogens with zero attached hydrogens (tertiary/aromatic N) is 2. The predicted octanol–water partition coefficient (Wildman–Crippen LogP) is 1.60. The molecule has 78 valence electrons. The van der Waals surface area contributed by atoms with E-state index in [4.69, 9.17) is 0 Å². The van der Waals surface area contributed by atoms with Crippen LogP contribution in [-0.4, -0.2) is 22.7 Å². The van der Waals surface area contributed by atoms with Crippen LogP contribution >= 0.6 is 0 Å². The van der Waals surface area contributed by atoms with Crippen LogP contribution < -0.4 is 5.32 Å². The summed E-state index contributed by atoms with van der Waals surface area (Å²) in [5, 5.41) is 6.78. The highest BCUT2D eigenvalue weighted by molar-refractivity contribution is 5.91. The topological polar surface area (TPSA) is 46.9 Å². The van der Waals surface area contributed by atoms with E-state index < -0.39 is 0 Å². The highest BCUT2D eigenvalue weighted by Crippen LogP contribution is 2.14. The van der Waals surface area contributed by atoms with Gasteiger partial charge in [0.05, 0.1) is 6.04 Å². The Kier molecular flexibility index (Phi) is 3.68. The fourth-order valence-corrected chi connectivity index (χ4v) is 1.45. The Morgan fingerprint density at radius 1 is 1.57 bits per heavy atom. The summed E-state index contributed by atoms with van der Waals surface area (Å²) in [6, 6.07) is 2.14. The van der Waals surface area contributed by atoms with E-state index in [-0.39, 0.29) is 5.91 Å². The SMILES string of the molecule is CCC(CC)n1ccc(C(=O)NC)n1. The molecule has 4 heteroatoms. The minimum absolute atomic E-state index is 0.130. The van der Waals surface area contributed by atoms with Gasteiger partial charge in [0.1, 0.15) is 5.69 Å². The molecule has 0 radical (unpaired) electrons. The minimum Gasteiger partial charge on any atom is -0.354 e. The zero-order valence-electron chi connectivity index (χ0n) is 8.95. The third-order valence-corrected chi connectivity index (χ3v) is 2.38. The molecule has 0 spiro atoms. The molecule has 14 heavy (non-hydrogen) atoms. The largest absolute Gasteiger partial charge is 0.354 e. The van der Waals surface area contributed by atoms with Gasteiger partial charge in [-0.2, -0.15) is 5.10 Å². The van der Waals surface area contributed by atoms with E-state index in [2.05, 4.69) is 24.3 Å². The molecule has 1 aromatic rings. The van der Waals surface area contributed by atoms with E-state index >= 15 is 0 Å². The number of carbonyl (C=O) groups is 1. The molecule has 1 aromatic heterocycles. The standard InChI is InChI=1S/C10H17N3O/c1-4-8(5-2)13-7-6-9(12-13)10(14)11-3/h6-8H,4-5H2,1-3H3,(H,11,14). The highest BCUT2D eigenvalue weighted by Gasteiger charge is 2.11. The Hall–Kier alpha value is -1.32. The van der Waals surface area contributed by atoms with Crippen molar-refractivity contribution in [2.75, 3.05) is 7.05 Å². The van der Waals surface area contributed by atoms with Gasteiger partial charge in [0.2, 0.25) is 0 Å². The third kappa shape index (κ3) is 2.13. The highest BCUT2D eigenvalue weighted by atomic mass is 16.1. The number of rotatable bonds is 4. The first-order chi connectivity index (χ1) is 6.72. The maximum atomic E-state index is 11.2. The Bertz CT molecular complexity index is 302. The van der Waals surface area contributed by atoms with Crippen molar-refractivity contribution in [1.29, 1.82) is 0 Å². The lowest BCUT2D eigenvalue weighted by Gasteiger charge is -2.12. The van der Waals surface area contributed by atoms with Gasteiger partial charge in [0.15, 0.2) is 0 Å². The van der Waals surface area contributed by atoms with Gasteiger partial charge in [-0.25, -0.2) is 0 Å². The van der Waals surface area contributed by atoms with E-state index in [0.29, 0.717) is 11.7 Å². The van der Waals surface area contributed by atoms with E-state index in [1.807, 2.05) is 10.9 Å². The quantitative estimate of drug-likeness (QED) is 0.793. The molecule has 0 fully saturated rings. The molecular weight excluding hydrogens is 178 g/mol. The van der Waals surface area contributed by atoms with Crippen LogP contribution in [-0.2, 0) is 0 Å². The Morgan fingerprint density at radius 2 is 2.21 bits per heavy atom. The molecule has 0 unspecified atom stereocenters. The monoisotopic (exact) mass is 195 g/mol. The van der Waals surface area contributed by atoms with Gasteiger partial charge >= 0.3 is 0 Å². The average molecular weight is 195 g/mol. The van der Waals surface area contributed by atoms with Crippen molar-refractivity contribution in [3.05, 3.63) is 18.0 Å². The van der Waals surface area contributed by atoms with Crippen molar-refractivity contribution in [3.8, 4) is 0 Å². The molecule has 0 aliphatic carbocycles. The van der Waals surface area contributed by atoms with Crippen LogP contribution in [0.15, 0.2) is 12.3 Å². The zero-order chi connectivity index (χ0) is 10.6. The van der Waals surface area contributed by atoms with Crippen LogP contribution in [0.5, 0.6) is 0 Å². The summed E-state index contributed by atoms with van der Waals surface area (Å²) in [5.74, 6) is -0.130. The molecule has 0 aliphatic heterocycles. The lowest BCUT2D eigenvalue weighted by molar-refractivity contribution is 0.0957. The molecule has 0 saturated heterocycles. The summed E-state index contributed by atoms with van der Waals surface area (Å²) in [6.45, 7) is 4.24. The van der Waals surface area contributed by atoms with Crippen molar-refractivity contribution in [2.24, 2.45) is 0 Å². The molecule has 1 amide bonds. The van der Waals surface area contributed by atoms with Crippen molar-refractivity contribution in [1.82, 2.24) is 15.1 Å². The molecule has 4 nitrogen and oxygen atoms in total. The van der Waals surface area contributed by atoms with E-state index in [1.54, 1.807) is 13.1 Å². The van der Waals surface area contributed by atoms with Crippen LogP contribution in [0, 0.1) is 0 Å². The van der Waals surface area contributed by atoms with Gasteiger partial charge in [0, 0.05) is 13.2 Å². The van der Waals surface area contributed by atoms with Gasteiger partial charge in [-0.1, -0.05) is 13.8 Å². The molecule has 0 aliphatic rings. The minimum atomic E-state index is -0.130. The van der Waals surface area contributed by atoms with Gasteiger partial charge in [0.25, 0.3) is 5.91 Å². The van der Waals surface area contributed by atoms with Crippen LogP contribution in [0.3, 0.4) is 0 Å². The van der Waals surface area contributed by atoms with Crippen LogP contribution in [0.1, 0.15) is 43.2 Å². The Balaban J connectivity index is 2.81. The molecule has 0 aromatic carbocycles. The lowest BCUT2D eigenvalue weighted by atomic mass is 10.2. The molecule has 0 bridgehead atoms. The smallest absolute Gasteiger partial charge is 0.271 e. The first-order valence-corrected chi connectivity index (χ1v) is 5.00. The summed E-state index contributed by atoms with van der Waals surface area (Å²) in [6.07, 6.45) is 3.93. The summed E-state index contributed by atoms with van der Waals surface area (Å²) >= 11 is 0. The molecular formula is C10H17N3O. The molecule has 0 atom stereocenters.